The van der Waals surface area contributed by atoms with E-state index in [0.29, 0.717) is 5.92 Å². The zero-order valence-electron chi connectivity index (χ0n) is 11.0. The van der Waals surface area contributed by atoms with Gasteiger partial charge >= 0.3 is 0 Å². The highest BCUT2D eigenvalue weighted by molar-refractivity contribution is 5.93. The molecule has 1 heterocycles. The van der Waals surface area contributed by atoms with Crippen LogP contribution in [0.15, 0.2) is 12.1 Å². The number of hydrogen-bond donors (Lipinski definition) is 1. The highest BCUT2D eigenvalue weighted by Gasteiger charge is 2.10. The van der Waals surface area contributed by atoms with Crippen molar-refractivity contribution in [2.75, 3.05) is 0 Å². The van der Waals surface area contributed by atoms with Gasteiger partial charge in [-0.1, -0.05) is 33.8 Å². The topological polar surface area (TPSA) is 65.8 Å². The van der Waals surface area contributed by atoms with Crippen LogP contribution in [0.3, 0.4) is 0 Å². The first-order valence-electron chi connectivity index (χ1n) is 5.73. The van der Waals surface area contributed by atoms with Crippen molar-refractivity contribution in [2.45, 2.75) is 40.5 Å². The molecule has 0 saturated carbocycles. The third-order valence-electron chi connectivity index (χ3n) is 2.15. The lowest BCUT2D eigenvalue weighted by Gasteiger charge is -2.09. The first-order chi connectivity index (χ1) is 8.06. The lowest BCUT2D eigenvalue weighted by atomic mass is 10.0. The van der Waals surface area contributed by atoms with E-state index in [-0.39, 0.29) is 5.69 Å². The number of nitrogens with one attached hydrogen (secondary N) is 1. The van der Waals surface area contributed by atoms with Gasteiger partial charge in [-0.2, -0.15) is 5.26 Å². The van der Waals surface area contributed by atoms with E-state index < -0.39 is 5.91 Å². The van der Waals surface area contributed by atoms with E-state index >= 15 is 0 Å². The fourth-order valence-corrected chi connectivity index (χ4v) is 1.42. The van der Waals surface area contributed by atoms with Gasteiger partial charge in [0, 0.05) is 5.69 Å². The van der Waals surface area contributed by atoms with Gasteiger partial charge in [0.25, 0.3) is 5.91 Å². The Morgan fingerprint density at radius 2 is 2.00 bits per heavy atom. The summed E-state index contributed by atoms with van der Waals surface area (Å²) in [7, 11) is 0. The van der Waals surface area contributed by atoms with Crippen LogP contribution in [-0.4, -0.2) is 10.9 Å². The van der Waals surface area contributed by atoms with Crippen LogP contribution in [0.5, 0.6) is 0 Å². The van der Waals surface area contributed by atoms with Crippen LogP contribution >= 0.6 is 0 Å². The summed E-state index contributed by atoms with van der Waals surface area (Å²) in [5.41, 5.74) is 2.22. The predicted octanol–water partition coefficient (Wildman–Crippen LogP) is 2.75. The van der Waals surface area contributed by atoms with Crippen LogP contribution in [0, 0.1) is 18.4 Å². The van der Waals surface area contributed by atoms with Gasteiger partial charge in [-0.15, -0.1) is 0 Å². The Hall–Kier alpha value is -1.89. The van der Waals surface area contributed by atoms with E-state index in [4.69, 9.17) is 5.26 Å². The molecule has 1 aromatic rings. The largest absolute Gasteiger partial charge is 0.282 e. The number of nitrogens with zero attached hydrogens (tertiary/aromatic N) is 2. The lowest BCUT2D eigenvalue weighted by Crippen LogP contribution is -2.19. The molecule has 0 atom stereocenters. The third kappa shape index (κ3) is 4.23. The zero-order valence-corrected chi connectivity index (χ0v) is 11.0. The predicted molar refractivity (Wildman–Crippen MR) is 67.5 cm³/mol. The SMILES string of the molecule is CC.Cc1nc(C(=O)NC#N)ccc1C(C)C. The van der Waals surface area contributed by atoms with Gasteiger partial charge in [0.2, 0.25) is 0 Å². The number of pyridine rings is 1. The second-order valence-corrected chi connectivity index (χ2v) is 3.59. The molecule has 1 aromatic heterocycles. The maximum atomic E-state index is 11.3. The number of aryl methyl sites for hydroxylation is 1. The molecule has 92 valence electrons. The Morgan fingerprint density at radius 3 is 2.41 bits per heavy atom. The molecule has 0 bridgehead atoms. The average molecular weight is 233 g/mol. The first kappa shape index (κ1) is 15.1. The quantitative estimate of drug-likeness (QED) is 0.631. The fraction of sp³-hybridized carbons (Fsp3) is 0.462. The molecule has 4 heteroatoms. The van der Waals surface area contributed by atoms with Crippen molar-refractivity contribution in [2.24, 2.45) is 0 Å². The van der Waals surface area contributed by atoms with E-state index in [1.807, 2.05) is 32.2 Å². The van der Waals surface area contributed by atoms with Crippen LogP contribution in [0.1, 0.15) is 55.4 Å². The van der Waals surface area contributed by atoms with Crippen molar-refractivity contribution in [1.82, 2.24) is 10.3 Å². The van der Waals surface area contributed by atoms with Gasteiger partial charge in [-0.05, 0) is 24.5 Å². The first-order valence-corrected chi connectivity index (χ1v) is 5.73. The fourth-order valence-electron chi connectivity index (χ4n) is 1.42. The number of carbonyl (C=O) groups is 1. The van der Waals surface area contributed by atoms with Gasteiger partial charge in [-0.25, -0.2) is 4.98 Å². The van der Waals surface area contributed by atoms with E-state index in [9.17, 15) is 4.79 Å². The average Bonchev–Trinajstić information content (AvgIpc) is 2.31. The maximum Gasteiger partial charge on any atom is 0.282 e. The number of nitriles is 1. The summed E-state index contributed by atoms with van der Waals surface area (Å²) < 4.78 is 0. The number of aromatic nitrogens is 1. The highest BCUT2D eigenvalue weighted by Crippen LogP contribution is 2.17. The summed E-state index contributed by atoms with van der Waals surface area (Å²) in [5, 5.41) is 10.3. The number of hydrogen-bond acceptors (Lipinski definition) is 3. The number of carbonyl (C=O) groups excluding carboxylic acids is 1. The molecular formula is C13H19N3O. The molecule has 1 N–H and O–H groups in total. The summed E-state index contributed by atoms with van der Waals surface area (Å²) >= 11 is 0. The molecule has 0 aliphatic rings. The molecule has 17 heavy (non-hydrogen) atoms. The standard InChI is InChI=1S/C11H13N3O.C2H6/c1-7(2)9-4-5-10(14-8(9)3)11(15)13-6-12;1-2/h4-5,7H,1-3H3,(H,13,15);1-2H3. The summed E-state index contributed by atoms with van der Waals surface area (Å²) in [6, 6.07) is 3.51. The van der Waals surface area contributed by atoms with Crippen molar-refractivity contribution in [3.05, 3.63) is 29.1 Å². The Labute approximate surface area is 103 Å². The molecule has 0 aromatic carbocycles. The second-order valence-electron chi connectivity index (χ2n) is 3.59. The van der Waals surface area contributed by atoms with Crippen molar-refractivity contribution >= 4 is 5.91 Å². The molecule has 4 nitrogen and oxygen atoms in total. The molecule has 0 aliphatic carbocycles. The zero-order chi connectivity index (χ0) is 13.4. The van der Waals surface area contributed by atoms with Crippen LogP contribution < -0.4 is 5.32 Å². The minimum Gasteiger partial charge on any atom is -0.266 e. The molecule has 1 amide bonds. The van der Waals surface area contributed by atoms with Gasteiger partial charge in [0.15, 0.2) is 6.19 Å². The van der Waals surface area contributed by atoms with Crippen LogP contribution in [0.2, 0.25) is 0 Å². The molecule has 0 spiro atoms. The van der Waals surface area contributed by atoms with Crippen molar-refractivity contribution < 1.29 is 4.79 Å². The molecule has 0 fully saturated rings. The molecule has 0 aliphatic heterocycles. The van der Waals surface area contributed by atoms with E-state index in [0.717, 1.165) is 11.3 Å². The van der Waals surface area contributed by atoms with Crippen molar-refractivity contribution in [3.8, 4) is 6.19 Å². The lowest BCUT2D eigenvalue weighted by molar-refractivity contribution is 0.0967. The molecule has 1 rings (SSSR count). The summed E-state index contributed by atoms with van der Waals surface area (Å²) in [6.45, 7) is 10.00. The smallest absolute Gasteiger partial charge is 0.266 e. The molecular weight excluding hydrogens is 214 g/mol. The van der Waals surface area contributed by atoms with E-state index in [1.54, 1.807) is 12.3 Å². The van der Waals surface area contributed by atoms with Crippen molar-refractivity contribution in [3.63, 3.8) is 0 Å². The summed E-state index contributed by atoms with van der Waals surface area (Å²) in [5.74, 6) is -0.0820. The Bertz CT molecular complexity index is 419. The number of amides is 1. The molecule has 0 unspecified atom stereocenters. The van der Waals surface area contributed by atoms with E-state index in [1.165, 1.54) is 0 Å². The molecule has 0 saturated heterocycles. The van der Waals surface area contributed by atoms with Gasteiger partial charge < -0.3 is 0 Å². The summed E-state index contributed by atoms with van der Waals surface area (Å²) in [4.78, 5) is 15.4. The van der Waals surface area contributed by atoms with Gasteiger partial charge in [0.1, 0.15) is 5.69 Å². The number of rotatable bonds is 2. The third-order valence-corrected chi connectivity index (χ3v) is 2.15. The van der Waals surface area contributed by atoms with Crippen LogP contribution in [0.25, 0.3) is 0 Å². The maximum absolute atomic E-state index is 11.3. The minimum absolute atomic E-state index is 0.276. The Morgan fingerprint density at radius 1 is 1.41 bits per heavy atom. The minimum atomic E-state index is -0.462. The normalized spacial score (nSPS) is 9.00. The summed E-state index contributed by atoms with van der Waals surface area (Å²) in [6.07, 6.45) is 1.58. The van der Waals surface area contributed by atoms with Crippen LogP contribution in [-0.2, 0) is 0 Å². The van der Waals surface area contributed by atoms with E-state index in [2.05, 4.69) is 18.8 Å². The monoisotopic (exact) mass is 233 g/mol. The highest BCUT2D eigenvalue weighted by atomic mass is 16.1. The Balaban J connectivity index is 0.00000121. The van der Waals surface area contributed by atoms with Gasteiger partial charge in [0.05, 0.1) is 0 Å². The van der Waals surface area contributed by atoms with Crippen molar-refractivity contribution in [1.29, 1.82) is 5.26 Å². The molecule has 0 radical (unpaired) electrons. The Kier molecular flexibility index (Phi) is 6.57. The van der Waals surface area contributed by atoms with Gasteiger partial charge in [-0.3, -0.25) is 10.1 Å². The second kappa shape index (κ2) is 7.39. The van der Waals surface area contributed by atoms with Crippen LogP contribution in [0.4, 0.5) is 0 Å².